The highest BCUT2D eigenvalue weighted by molar-refractivity contribution is 5.88. The molecule has 1 unspecified atom stereocenters. The van der Waals surface area contributed by atoms with Crippen LogP contribution < -0.4 is 5.32 Å². The smallest absolute Gasteiger partial charge is 0.221 e. The summed E-state index contributed by atoms with van der Waals surface area (Å²) in [6.07, 6.45) is 0. The topological polar surface area (TPSA) is 65.3 Å². The van der Waals surface area contributed by atoms with E-state index in [0.717, 1.165) is 11.3 Å². The lowest BCUT2D eigenvalue weighted by molar-refractivity contribution is -0.114. The van der Waals surface area contributed by atoms with Gasteiger partial charge in [-0.3, -0.25) is 4.79 Å². The summed E-state index contributed by atoms with van der Waals surface area (Å²) < 4.78 is 0. The zero-order chi connectivity index (χ0) is 10.6. The first-order chi connectivity index (χ1) is 6.63. The van der Waals surface area contributed by atoms with Gasteiger partial charge in [0, 0.05) is 12.6 Å². The Morgan fingerprint density at radius 2 is 2.29 bits per heavy atom. The van der Waals surface area contributed by atoms with Crippen LogP contribution in [0.25, 0.3) is 0 Å². The van der Waals surface area contributed by atoms with Crippen molar-refractivity contribution in [1.29, 1.82) is 5.53 Å². The third kappa shape index (κ3) is 2.65. The molecule has 0 aliphatic rings. The third-order valence-electron chi connectivity index (χ3n) is 1.88. The van der Waals surface area contributed by atoms with E-state index < -0.39 is 0 Å². The monoisotopic (exact) mass is 191 g/mol. The fourth-order valence-corrected chi connectivity index (χ4v) is 1.15. The average Bonchev–Trinajstić information content (AvgIpc) is 2.16. The molecule has 0 bridgehead atoms. The van der Waals surface area contributed by atoms with E-state index in [0.29, 0.717) is 0 Å². The molecule has 4 heteroatoms. The number of carbonyl (C=O) groups excluding carboxylic acids is 1. The summed E-state index contributed by atoms with van der Waals surface area (Å²) in [4.78, 5) is 10.8. The van der Waals surface area contributed by atoms with Gasteiger partial charge in [-0.05, 0) is 24.6 Å². The van der Waals surface area contributed by atoms with Crippen LogP contribution in [-0.2, 0) is 4.79 Å². The maximum atomic E-state index is 10.8. The number of benzene rings is 1. The van der Waals surface area contributed by atoms with E-state index in [4.69, 9.17) is 5.53 Å². The lowest BCUT2D eigenvalue weighted by Gasteiger charge is -2.07. The molecule has 1 atom stereocenters. The summed E-state index contributed by atoms with van der Waals surface area (Å²) in [6, 6.07) is 7.19. The molecule has 0 aliphatic heterocycles. The number of rotatable bonds is 3. The minimum atomic E-state index is -0.163. The van der Waals surface area contributed by atoms with Gasteiger partial charge in [0.15, 0.2) is 0 Å². The molecule has 0 saturated heterocycles. The Morgan fingerprint density at radius 3 is 2.86 bits per heavy atom. The van der Waals surface area contributed by atoms with E-state index in [1.54, 1.807) is 0 Å². The minimum absolute atomic E-state index is 0.0994. The fourth-order valence-electron chi connectivity index (χ4n) is 1.15. The van der Waals surface area contributed by atoms with E-state index in [1.165, 1.54) is 6.92 Å². The number of nitrogens with one attached hydrogen (secondary N) is 2. The molecule has 0 saturated carbocycles. The van der Waals surface area contributed by atoms with Gasteiger partial charge in [-0.25, -0.2) is 5.53 Å². The van der Waals surface area contributed by atoms with Crippen LogP contribution in [0.1, 0.15) is 25.5 Å². The lowest BCUT2D eigenvalue weighted by Crippen LogP contribution is -2.06. The Bertz CT molecular complexity index is 349. The van der Waals surface area contributed by atoms with Crippen molar-refractivity contribution in [3.8, 4) is 0 Å². The van der Waals surface area contributed by atoms with Crippen molar-refractivity contribution < 1.29 is 4.79 Å². The van der Waals surface area contributed by atoms with E-state index in [2.05, 4.69) is 10.4 Å². The molecule has 1 aromatic carbocycles. The lowest BCUT2D eigenvalue weighted by atomic mass is 10.1. The molecule has 0 spiro atoms. The van der Waals surface area contributed by atoms with Crippen LogP contribution in [0.2, 0.25) is 0 Å². The van der Waals surface area contributed by atoms with E-state index >= 15 is 0 Å². The molecule has 1 amide bonds. The SMILES string of the molecule is CC(=O)Nc1cccc(C(C)N=N)c1. The van der Waals surface area contributed by atoms with Gasteiger partial charge in [-0.1, -0.05) is 12.1 Å². The van der Waals surface area contributed by atoms with Crippen LogP contribution in [0.4, 0.5) is 5.69 Å². The minimum Gasteiger partial charge on any atom is -0.326 e. The van der Waals surface area contributed by atoms with Crippen LogP contribution in [0.15, 0.2) is 29.4 Å². The Balaban J connectivity index is 2.88. The number of anilines is 1. The standard InChI is InChI=1S/C10H13N3O/c1-7(13-11)9-4-3-5-10(6-9)12-8(2)14/h3-7,11H,1-2H3,(H,12,14). The second kappa shape index (κ2) is 4.50. The van der Waals surface area contributed by atoms with Gasteiger partial charge in [-0.15, -0.1) is 0 Å². The molecule has 4 nitrogen and oxygen atoms in total. The summed E-state index contributed by atoms with van der Waals surface area (Å²) in [5.41, 5.74) is 8.56. The quantitative estimate of drug-likeness (QED) is 0.709. The fraction of sp³-hybridized carbons (Fsp3) is 0.300. The first kappa shape index (κ1) is 10.4. The molecule has 0 heterocycles. The molecule has 0 aromatic heterocycles. The highest BCUT2D eigenvalue weighted by Gasteiger charge is 2.03. The maximum Gasteiger partial charge on any atom is 0.221 e. The van der Waals surface area contributed by atoms with E-state index in [1.807, 2.05) is 31.2 Å². The Kier molecular flexibility index (Phi) is 3.34. The van der Waals surface area contributed by atoms with Crippen molar-refractivity contribution in [3.63, 3.8) is 0 Å². The molecule has 0 aliphatic carbocycles. The highest BCUT2D eigenvalue weighted by Crippen LogP contribution is 2.19. The van der Waals surface area contributed by atoms with Crippen molar-refractivity contribution in [1.82, 2.24) is 0 Å². The zero-order valence-electron chi connectivity index (χ0n) is 8.24. The summed E-state index contributed by atoms with van der Waals surface area (Å²) in [5.74, 6) is -0.0994. The van der Waals surface area contributed by atoms with Crippen LogP contribution >= 0.6 is 0 Å². The maximum absolute atomic E-state index is 10.8. The Labute approximate surface area is 82.8 Å². The zero-order valence-corrected chi connectivity index (χ0v) is 8.24. The Morgan fingerprint density at radius 1 is 1.57 bits per heavy atom. The predicted octanol–water partition coefficient (Wildman–Crippen LogP) is 2.74. The van der Waals surface area contributed by atoms with Crippen LogP contribution in [-0.4, -0.2) is 5.91 Å². The van der Waals surface area contributed by atoms with Crippen molar-refractivity contribution in [2.24, 2.45) is 5.11 Å². The van der Waals surface area contributed by atoms with Crippen LogP contribution in [0, 0.1) is 5.53 Å². The third-order valence-corrected chi connectivity index (χ3v) is 1.88. The molecule has 1 aromatic rings. The van der Waals surface area contributed by atoms with Crippen molar-refractivity contribution >= 4 is 11.6 Å². The molecule has 2 N–H and O–H groups in total. The summed E-state index contributed by atoms with van der Waals surface area (Å²) >= 11 is 0. The summed E-state index contributed by atoms with van der Waals surface area (Å²) in [7, 11) is 0. The van der Waals surface area contributed by atoms with Gasteiger partial charge in [0.2, 0.25) is 5.91 Å². The molecule has 74 valence electrons. The van der Waals surface area contributed by atoms with Gasteiger partial charge < -0.3 is 5.32 Å². The van der Waals surface area contributed by atoms with Gasteiger partial charge in [0.1, 0.15) is 0 Å². The van der Waals surface area contributed by atoms with E-state index in [-0.39, 0.29) is 11.9 Å². The highest BCUT2D eigenvalue weighted by atomic mass is 16.1. The van der Waals surface area contributed by atoms with Crippen molar-refractivity contribution in [3.05, 3.63) is 29.8 Å². The first-order valence-electron chi connectivity index (χ1n) is 4.37. The number of hydrogen-bond acceptors (Lipinski definition) is 3. The summed E-state index contributed by atoms with van der Waals surface area (Å²) in [5, 5.41) is 6.10. The molecule has 0 radical (unpaired) electrons. The number of amides is 1. The van der Waals surface area contributed by atoms with Gasteiger partial charge >= 0.3 is 0 Å². The summed E-state index contributed by atoms with van der Waals surface area (Å²) in [6.45, 7) is 3.30. The normalized spacial score (nSPS) is 11.9. The molecule has 1 rings (SSSR count). The van der Waals surface area contributed by atoms with Crippen LogP contribution in [0.3, 0.4) is 0 Å². The van der Waals surface area contributed by atoms with Crippen molar-refractivity contribution in [2.45, 2.75) is 19.9 Å². The van der Waals surface area contributed by atoms with Gasteiger partial charge in [0.05, 0.1) is 6.04 Å². The van der Waals surface area contributed by atoms with Gasteiger partial charge in [0.25, 0.3) is 0 Å². The van der Waals surface area contributed by atoms with Crippen molar-refractivity contribution in [2.75, 3.05) is 5.32 Å². The second-order valence-corrected chi connectivity index (χ2v) is 3.11. The van der Waals surface area contributed by atoms with Gasteiger partial charge in [-0.2, -0.15) is 5.11 Å². The van der Waals surface area contributed by atoms with E-state index in [9.17, 15) is 4.79 Å². The van der Waals surface area contributed by atoms with Crippen LogP contribution in [0.5, 0.6) is 0 Å². The number of nitrogens with zero attached hydrogens (tertiary/aromatic N) is 1. The number of carbonyl (C=O) groups is 1. The number of hydrogen-bond donors (Lipinski definition) is 2. The first-order valence-corrected chi connectivity index (χ1v) is 4.37. The Hall–Kier alpha value is -1.71. The molecule has 14 heavy (non-hydrogen) atoms. The predicted molar refractivity (Wildman–Crippen MR) is 54.3 cm³/mol. The molecule has 0 fully saturated rings. The average molecular weight is 191 g/mol. The molecular weight excluding hydrogens is 178 g/mol. The second-order valence-electron chi connectivity index (χ2n) is 3.11. The largest absolute Gasteiger partial charge is 0.326 e. The molecular formula is C10H13N3O.